The molecule has 0 spiro atoms. The van der Waals surface area contributed by atoms with Crippen molar-refractivity contribution in [1.29, 1.82) is 0 Å². The molecular weight excluding hydrogens is 346 g/mol. The lowest BCUT2D eigenvalue weighted by Crippen LogP contribution is -2.25. The highest BCUT2D eigenvalue weighted by atomic mass is 16.5. The van der Waals surface area contributed by atoms with Gasteiger partial charge in [0.15, 0.2) is 11.6 Å². The molecule has 2 N–H and O–H groups in total. The summed E-state index contributed by atoms with van der Waals surface area (Å²) < 4.78 is 13.3. The van der Waals surface area contributed by atoms with Gasteiger partial charge in [-0.1, -0.05) is 0 Å². The third kappa shape index (κ3) is 4.97. The predicted molar refractivity (Wildman–Crippen MR) is 102 cm³/mol. The Kier molecular flexibility index (Phi) is 6.28. The van der Waals surface area contributed by atoms with Crippen molar-refractivity contribution in [1.82, 2.24) is 20.1 Å². The van der Waals surface area contributed by atoms with Crippen LogP contribution < -0.4 is 15.4 Å². The summed E-state index contributed by atoms with van der Waals surface area (Å²) in [4.78, 5) is 16.2. The van der Waals surface area contributed by atoms with E-state index in [0.717, 1.165) is 38.0 Å². The zero-order valence-electron chi connectivity index (χ0n) is 16.1. The monoisotopic (exact) mass is 373 g/mol. The Hall–Kier alpha value is -2.61. The third-order valence-electron chi connectivity index (χ3n) is 4.57. The van der Waals surface area contributed by atoms with Gasteiger partial charge < -0.3 is 14.8 Å². The quantitative estimate of drug-likeness (QED) is 0.810. The maximum atomic E-state index is 11.8. The van der Waals surface area contributed by atoms with Gasteiger partial charge in [-0.05, 0) is 50.7 Å². The molecule has 0 unspecified atom stereocenters. The first kappa shape index (κ1) is 19.2. The number of nitrogens with one attached hydrogen (secondary N) is 2. The van der Waals surface area contributed by atoms with Crippen molar-refractivity contribution < 1.29 is 14.3 Å². The molecule has 1 aliphatic heterocycles. The number of carbonyl (C=O) groups excluding carboxylic acids is 1. The van der Waals surface area contributed by atoms with Gasteiger partial charge in [-0.3, -0.25) is 5.32 Å². The summed E-state index contributed by atoms with van der Waals surface area (Å²) in [6.45, 7) is 5.68. The number of anilines is 1. The number of urea groups is 1. The first-order chi connectivity index (χ1) is 13.1. The van der Waals surface area contributed by atoms with E-state index in [-0.39, 0.29) is 12.1 Å². The van der Waals surface area contributed by atoms with Crippen LogP contribution in [0.15, 0.2) is 24.5 Å². The number of aromatic nitrogens is 3. The van der Waals surface area contributed by atoms with Crippen molar-refractivity contribution >= 4 is 11.8 Å². The minimum atomic E-state index is -0.345. The fourth-order valence-corrected chi connectivity index (χ4v) is 3.11. The molecular formula is C19H27N5O3. The van der Waals surface area contributed by atoms with Gasteiger partial charge in [0.1, 0.15) is 0 Å². The van der Waals surface area contributed by atoms with Gasteiger partial charge >= 0.3 is 6.03 Å². The Morgan fingerprint density at radius 2 is 2.19 bits per heavy atom. The Balaban J connectivity index is 1.85. The van der Waals surface area contributed by atoms with Crippen molar-refractivity contribution in [3.05, 3.63) is 30.1 Å². The fraction of sp³-hybridized carbons (Fsp3) is 0.526. The summed E-state index contributed by atoms with van der Waals surface area (Å²) in [7, 11) is 1.56. The predicted octanol–water partition coefficient (Wildman–Crippen LogP) is 3.37. The summed E-state index contributed by atoms with van der Waals surface area (Å²) in [6.07, 6.45) is 6.51. The second kappa shape index (κ2) is 8.85. The van der Waals surface area contributed by atoms with Gasteiger partial charge in [0.05, 0.1) is 12.2 Å². The average Bonchev–Trinajstić information content (AvgIpc) is 3.13. The van der Waals surface area contributed by atoms with E-state index < -0.39 is 0 Å². The fourth-order valence-electron chi connectivity index (χ4n) is 3.11. The van der Waals surface area contributed by atoms with Crippen molar-refractivity contribution in [3.8, 4) is 11.6 Å². The summed E-state index contributed by atoms with van der Waals surface area (Å²) in [5.41, 5.74) is 1.08. The number of ether oxygens (including phenoxy) is 2. The van der Waals surface area contributed by atoms with Crippen LogP contribution >= 0.6 is 0 Å². The molecule has 8 nitrogen and oxygen atoms in total. The molecule has 3 heterocycles. The normalized spacial score (nSPS) is 15.0. The molecule has 1 aliphatic rings. The SMILES string of the molecule is CNC(=O)Nc1ncc(CC2CCOCC2)cc1Oc1ccnn1C(C)C. The highest BCUT2D eigenvalue weighted by molar-refractivity contribution is 5.89. The van der Waals surface area contributed by atoms with Crippen LogP contribution in [0.25, 0.3) is 0 Å². The van der Waals surface area contributed by atoms with E-state index in [1.807, 2.05) is 19.9 Å². The van der Waals surface area contributed by atoms with Crippen LogP contribution in [0.3, 0.4) is 0 Å². The average molecular weight is 373 g/mol. The van der Waals surface area contributed by atoms with E-state index in [1.54, 1.807) is 30.2 Å². The third-order valence-corrected chi connectivity index (χ3v) is 4.57. The van der Waals surface area contributed by atoms with Crippen LogP contribution in [-0.2, 0) is 11.2 Å². The van der Waals surface area contributed by atoms with Crippen molar-refractivity contribution in [2.45, 2.75) is 39.2 Å². The molecule has 0 saturated carbocycles. The van der Waals surface area contributed by atoms with E-state index in [0.29, 0.717) is 23.4 Å². The van der Waals surface area contributed by atoms with Gasteiger partial charge in [-0.15, -0.1) is 0 Å². The Bertz CT molecular complexity index is 768. The van der Waals surface area contributed by atoms with E-state index in [2.05, 4.69) is 20.7 Å². The number of pyridine rings is 1. The molecule has 0 radical (unpaired) electrons. The second-order valence-electron chi connectivity index (χ2n) is 6.96. The van der Waals surface area contributed by atoms with Crippen LogP contribution in [0.5, 0.6) is 11.6 Å². The van der Waals surface area contributed by atoms with Crippen LogP contribution in [0.4, 0.5) is 10.6 Å². The lowest BCUT2D eigenvalue weighted by atomic mass is 9.93. The standard InChI is InChI=1S/C19H27N5O3/c1-13(2)24-17(4-7-22-24)27-16-11-15(10-14-5-8-26-9-6-14)12-21-18(16)23-19(25)20-3/h4,7,11-14H,5-6,8-10H2,1-3H3,(H2,20,21,23,25). The largest absolute Gasteiger partial charge is 0.435 e. The molecule has 27 heavy (non-hydrogen) atoms. The van der Waals surface area contributed by atoms with E-state index in [9.17, 15) is 4.79 Å². The minimum absolute atomic E-state index is 0.156. The maximum absolute atomic E-state index is 11.8. The highest BCUT2D eigenvalue weighted by Gasteiger charge is 2.18. The minimum Gasteiger partial charge on any atom is -0.435 e. The molecule has 8 heteroatoms. The number of hydrogen-bond acceptors (Lipinski definition) is 5. The van der Waals surface area contributed by atoms with Crippen molar-refractivity contribution in [2.24, 2.45) is 5.92 Å². The summed E-state index contributed by atoms with van der Waals surface area (Å²) in [5, 5.41) is 9.54. The Labute approximate surface area is 159 Å². The number of nitrogens with zero attached hydrogens (tertiary/aromatic N) is 3. The smallest absolute Gasteiger partial charge is 0.320 e. The second-order valence-corrected chi connectivity index (χ2v) is 6.96. The topological polar surface area (TPSA) is 90.3 Å². The van der Waals surface area contributed by atoms with Crippen molar-refractivity contribution in [2.75, 3.05) is 25.6 Å². The lowest BCUT2D eigenvalue weighted by Gasteiger charge is -2.22. The van der Waals surface area contributed by atoms with Gasteiger partial charge in [0.25, 0.3) is 0 Å². The summed E-state index contributed by atoms with van der Waals surface area (Å²) in [5.74, 6) is 2.06. The molecule has 3 rings (SSSR count). The Morgan fingerprint density at radius 3 is 2.89 bits per heavy atom. The number of carbonyl (C=O) groups is 1. The van der Waals surface area contributed by atoms with Crippen LogP contribution in [0.2, 0.25) is 0 Å². The van der Waals surface area contributed by atoms with E-state index in [1.165, 1.54) is 0 Å². The lowest BCUT2D eigenvalue weighted by molar-refractivity contribution is 0.0665. The molecule has 2 aromatic rings. The van der Waals surface area contributed by atoms with Crippen molar-refractivity contribution in [3.63, 3.8) is 0 Å². The van der Waals surface area contributed by atoms with E-state index in [4.69, 9.17) is 9.47 Å². The van der Waals surface area contributed by atoms with Crippen LogP contribution in [0, 0.1) is 5.92 Å². The molecule has 1 saturated heterocycles. The first-order valence-corrected chi connectivity index (χ1v) is 9.33. The molecule has 0 aromatic carbocycles. The van der Waals surface area contributed by atoms with Gasteiger partial charge in [-0.2, -0.15) is 5.10 Å². The zero-order valence-corrected chi connectivity index (χ0v) is 16.1. The molecule has 0 aliphatic carbocycles. The molecule has 2 amide bonds. The van der Waals surface area contributed by atoms with Crippen LogP contribution in [-0.4, -0.2) is 41.1 Å². The first-order valence-electron chi connectivity index (χ1n) is 9.33. The highest BCUT2D eigenvalue weighted by Crippen LogP contribution is 2.31. The number of amides is 2. The number of hydrogen-bond donors (Lipinski definition) is 2. The number of rotatable bonds is 6. The van der Waals surface area contributed by atoms with Gasteiger partial charge in [0.2, 0.25) is 5.88 Å². The van der Waals surface area contributed by atoms with Gasteiger partial charge in [-0.25, -0.2) is 14.5 Å². The molecule has 2 aromatic heterocycles. The zero-order chi connectivity index (χ0) is 19.2. The van der Waals surface area contributed by atoms with Gasteiger partial charge in [0, 0.05) is 32.5 Å². The molecule has 0 bridgehead atoms. The molecule has 1 fully saturated rings. The maximum Gasteiger partial charge on any atom is 0.320 e. The molecule has 0 atom stereocenters. The van der Waals surface area contributed by atoms with Crippen LogP contribution in [0.1, 0.15) is 38.3 Å². The molecule has 146 valence electrons. The van der Waals surface area contributed by atoms with E-state index >= 15 is 0 Å². The summed E-state index contributed by atoms with van der Waals surface area (Å²) >= 11 is 0. The Morgan fingerprint density at radius 1 is 1.41 bits per heavy atom. The summed E-state index contributed by atoms with van der Waals surface area (Å²) in [6, 6.07) is 3.56.